The van der Waals surface area contributed by atoms with Crippen molar-refractivity contribution in [2.45, 2.75) is 37.8 Å². The van der Waals surface area contributed by atoms with Crippen molar-refractivity contribution >= 4 is 0 Å². The predicted octanol–water partition coefficient (Wildman–Crippen LogP) is 0.605. The highest BCUT2D eigenvalue weighted by Gasteiger charge is 2.39. The van der Waals surface area contributed by atoms with Gasteiger partial charge in [-0.2, -0.15) is 0 Å². The Balaban J connectivity index is 1.96. The van der Waals surface area contributed by atoms with Crippen LogP contribution in [0.1, 0.15) is 26.2 Å². The standard InChI is InChI=1S/C12H24N2O2/c1-2-14(8-11-4-3-6-16-11)12(9-13)5-7-15-10-12/h11H,2-10,13H2,1H3. The Labute approximate surface area is 98.1 Å². The number of nitrogens with two attached hydrogens (primary N) is 1. The molecule has 0 aromatic rings. The van der Waals surface area contributed by atoms with Gasteiger partial charge in [-0.3, -0.25) is 4.90 Å². The fraction of sp³-hybridized carbons (Fsp3) is 1.00. The summed E-state index contributed by atoms with van der Waals surface area (Å²) in [6.07, 6.45) is 3.86. The van der Waals surface area contributed by atoms with Crippen LogP contribution in [0.3, 0.4) is 0 Å². The quantitative estimate of drug-likeness (QED) is 0.749. The van der Waals surface area contributed by atoms with Crippen LogP contribution in [0.4, 0.5) is 0 Å². The molecular formula is C12H24N2O2. The lowest BCUT2D eigenvalue weighted by Gasteiger charge is -2.40. The highest BCUT2D eigenvalue weighted by atomic mass is 16.5. The van der Waals surface area contributed by atoms with E-state index in [1.165, 1.54) is 12.8 Å². The summed E-state index contributed by atoms with van der Waals surface area (Å²) in [6.45, 7) is 7.48. The summed E-state index contributed by atoms with van der Waals surface area (Å²) in [5.74, 6) is 0. The first-order valence-corrected chi connectivity index (χ1v) is 6.45. The summed E-state index contributed by atoms with van der Waals surface area (Å²) in [5.41, 5.74) is 6.03. The molecule has 2 unspecified atom stereocenters. The third-order valence-electron chi connectivity index (χ3n) is 3.96. The van der Waals surface area contributed by atoms with Gasteiger partial charge in [-0.15, -0.1) is 0 Å². The van der Waals surface area contributed by atoms with E-state index in [9.17, 15) is 0 Å². The molecule has 0 aromatic carbocycles. The van der Waals surface area contributed by atoms with Crippen molar-refractivity contribution < 1.29 is 9.47 Å². The summed E-state index contributed by atoms with van der Waals surface area (Å²) in [4.78, 5) is 2.47. The first-order valence-electron chi connectivity index (χ1n) is 6.45. The van der Waals surface area contributed by atoms with Gasteiger partial charge in [0.2, 0.25) is 0 Å². The molecule has 0 spiro atoms. The van der Waals surface area contributed by atoms with Crippen molar-refractivity contribution in [1.82, 2.24) is 4.90 Å². The lowest BCUT2D eigenvalue weighted by molar-refractivity contribution is 0.0183. The van der Waals surface area contributed by atoms with E-state index in [1.54, 1.807) is 0 Å². The minimum absolute atomic E-state index is 0.0701. The number of ether oxygens (including phenoxy) is 2. The van der Waals surface area contributed by atoms with E-state index in [4.69, 9.17) is 15.2 Å². The molecular weight excluding hydrogens is 204 g/mol. The fourth-order valence-electron chi connectivity index (χ4n) is 2.83. The Kier molecular flexibility index (Phi) is 4.19. The van der Waals surface area contributed by atoms with Crippen molar-refractivity contribution in [3.05, 3.63) is 0 Å². The van der Waals surface area contributed by atoms with Crippen LogP contribution in [0, 0.1) is 0 Å². The highest BCUT2D eigenvalue weighted by molar-refractivity contribution is 4.95. The predicted molar refractivity (Wildman–Crippen MR) is 63.4 cm³/mol. The molecule has 2 atom stereocenters. The lowest BCUT2D eigenvalue weighted by atomic mass is 9.95. The van der Waals surface area contributed by atoms with Gasteiger partial charge in [0.25, 0.3) is 0 Å². The normalized spacial score (nSPS) is 35.1. The van der Waals surface area contributed by atoms with Gasteiger partial charge in [0, 0.05) is 26.3 Å². The molecule has 94 valence electrons. The Morgan fingerprint density at radius 3 is 2.81 bits per heavy atom. The van der Waals surface area contributed by atoms with E-state index < -0.39 is 0 Å². The molecule has 2 fully saturated rings. The zero-order valence-corrected chi connectivity index (χ0v) is 10.3. The summed E-state index contributed by atoms with van der Waals surface area (Å²) in [7, 11) is 0. The third kappa shape index (κ3) is 2.40. The maximum Gasteiger partial charge on any atom is 0.0703 e. The van der Waals surface area contributed by atoms with Gasteiger partial charge in [-0.1, -0.05) is 6.92 Å². The molecule has 0 aliphatic carbocycles. The molecule has 4 heteroatoms. The van der Waals surface area contributed by atoms with Crippen molar-refractivity contribution in [1.29, 1.82) is 0 Å². The van der Waals surface area contributed by atoms with Gasteiger partial charge in [-0.25, -0.2) is 0 Å². The topological polar surface area (TPSA) is 47.7 Å². The van der Waals surface area contributed by atoms with Crippen LogP contribution in [-0.2, 0) is 9.47 Å². The van der Waals surface area contributed by atoms with Crippen molar-refractivity contribution in [3.63, 3.8) is 0 Å². The van der Waals surface area contributed by atoms with Crippen molar-refractivity contribution in [3.8, 4) is 0 Å². The number of rotatable bonds is 5. The Bertz CT molecular complexity index is 211. The van der Waals surface area contributed by atoms with Gasteiger partial charge in [0.1, 0.15) is 0 Å². The number of nitrogens with zero attached hydrogens (tertiary/aromatic N) is 1. The van der Waals surface area contributed by atoms with E-state index >= 15 is 0 Å². The van der Waals surface area contributed by atoms with Crippen LogP contribution >= 0.6 is 0 Å². The monoisotopic (exact) mass is 228 g/mol. The minimum atomic E-state index is 0.0701. The SMILES string of the molecule is CCN(CC1CCCO1)C1(CN)CCOC1. The van der Waals surface area contributed by atoms with E-state index in [-0.39, 0.29) is 5.54 Å². The molecule has 0 amide bonds. The second kappa shape index (κ2) is 5.45. The summed E-state index contributed by atoms with van der Waals surface area (Å²) in [6, 6.07) is 0. The van der Waals surface area contributed by atoms with Crippen LogP contribution in [-0.4, -0.2) is 56.0 Å². The molecule has 0 saturated carbocycles. The summed E-state index contributed by atoms with van der Waals surface area (Å²) >= 11 is 0. The van der Waals surface area contributed by atoms with Crippen LogP contribution in [0.5, 0.6) is 0 Å². The molecule has 2 rings (SSSR count). The smallest absolute Gasteiger partial charge is 0.0703 e. The van der Waals surface area contributed by atoms with E-state index in [0.717, 1.165) is 39.3 Å². The molecule has 0 bridgehead atoms. The van der Waals surface area contributed by atoms with Crippen LogP contribution < -0.4 is 5.73 Å². The van der Waals surface area contributed by atoms with Gasteiger partial charge in [0.05, 0.1) is 18.2 Å². The summed E-state index contributed by atoms with van der Waals surface area (Å²) < 4.78 is 11.2. The van der Waals surface area contributed by atoms with Crippen LogP contribution in [0.15, 0.2) is 0 Å². The van der Waals surface area contributed by atoms with E-state index in [0.29, 0.717) is 12.6 Å². The first-order chi connectivity index (χ1) is 7.80. The number of likely N-dealkylation sites (N-methyl/N-ethyl adjacent to an activating group) is 1. The zero-order valence-electron chi connectivity index (χ0n) is 10.3. The maximum absolute atomic E-state index is 5.96. The largest absolute Gasteiger partial charge is 0.379 e. The molecule has 0 aromatic heterocycles. The highest BCUT2D eigenvalue weighted by Crippen LogP contribution is 2.27. The number of hydrogen-bond acceptors (Lipinski definition) is 4. The third-order valence-corrected chi connectivity index (χ3v) is 3.96. The second-order valence-electron chi connectivity index (χ2n) is 4.90. The molecule has 2 aliphatic heterocycles. The van der Waals surface area contributed by atoms with E-state index in [2.05, 4.69) is 11.8 Å². The van der Waals surface area contributed by atoms with Gasteiger partial charge < -0.3 is 15.2 Å². The average molecular weight is 228 g/mol. The molecule has 2 heterocycles. The Morgan fingerprint density at radius 2 is 2.31 bits per heavy atom. The van der Waals surface area contributed by atoms with Gasteiger partial charge >= 0.3 is 0 Å². The molecule has 2 N–H and O–H groups in total. The van der Waals surface area contributed by atoms with Crippen LogP contribution in [0.25, 0.3) is 0 Å². The molecule has 2 aliphatic rings. The molecule has 4 nitrogen and oxygen atoms in total. The summed E-state index contributed by atoms with van der Waals surface area (Å²) in [5, 5.41) is 0. The zero-order chi connectivity index (χ0) is 11.4. The Hall–Kier alpha value is -0.160. The lowest BCUT2D eigenvalue weighted by Crippen LogP contribution is -2.56. The minimum Gasteiger partial charge on any atom is -0.379 e. The number of hydrogen-bond donors (Lipinski definition) is 1. The average Bonchev–Trinajstić information content (AvgIpc) is 2.97. The second-order valence-corrected chi connectivity index (χ2v) is 4.90. The molecule has 16 heavy (non-hydrogen) atoms. The maximum atomic E-state index is 5.96. The van der Waals surface area contributed by atoms with Crippen molar-refractivity contribution in [2.24, 2.45) is 5.73 Å². The molecule has 0 radical (unpaired) electrons. The van der Waals surface area contributed by atoms with Crippen molar-refractivity contribution in [2.75, 3.05) is 39.5 Å². The van der Waals surface area contributed by atoms with Gasteiger partial charge in [-0.05, 0) is 25.8 Å². The Morgan fingerprint density at radius 1 is 1.44 bits per heavy atom. The fourth-order valence-corrected chi connectivity index (χ4v) is 2.83. The van der Waals surface area contributed by atoms with Crippen LogP contribution in [0.2, 0.25) is 0 Å². The van der Waals surface area contributed by atoms with E-state index in [1.807, 2.05) is 0 Å². The first kappa shape index (κ1) is 12.3. The molecule has 2 saturated heterocycles. The van der Waals surface area contributed by atoms with Gasteiger partial charge in [0.15, 0.2) is 0 Å².